The van der Waals surface area contributed by atoms with Gasteiger partial charge in [0.05, 0.1) is 18.1 Å². The van der Waals surface area contributed by atoms with E-state index in [-0.39, 0.29) is 36.1 Å². The molecule has 0 N–H and O–H groups in total. The van der Waals surface area contributed by atoms with Crippen molar-refractivity contribution in [3.63, 3.8) is 0 Å². The molecular formula is C26H27N3O5S. The molecular weight excluding hydrogens is 466 g/mol. The summed E-state index contributed by atoms with van der Waals surface area (Å²) in [6.07, 6.45) is 0.767. The Morgan fingerprint density at radius 1 is 1.14 bits per heavy atom. The van der Waals surface area contributed by atoms with Crippen molar-refractivity contribution in [2.45, 2.75) is 32.4 Å². The molecule has 1 aliphatic rings. The van der Waals surface area contributed by atoms with Crippen LogP contribution in [0.4, 0.5) is 5.69 Å². The van der Waals surface area contributed by atoms with Crippen LogP contribution in [0.15, 0.2) is 60.0 Å². The summed E-state index contributed by atoms with van der Waals surface area (Å²) in [5.74, 6) is 0.261. The van der Waals surface area contributed by atoms with Crippen LogP contribution in [0.1, 0.15) is 46.3 Å². The van der Waals surface area contributed by atoms with Crippen LogP contribution in [0.3, 0.4) is 0 Å². The third-order valence-corrected chi connectivity index (χ3v) is 7.23. The van der Waals surface area contributed by atoms with Crippen molar-refractivity contribution in [3.8, 4) is 5.75 Å². The molecule has 9 heteroatoms. The first-order valence-corrected chi connectivity index (χ1v) is 12.2. The molecule has 2 amide bonds. The summed E-state index contributed by atoms with van der Waals surface area (Å²) in [5, 5.41) is 13.0. The highest BCUT2D eigenvalue weighted by Crippen LogP contribution is 2.38. The van der Waals surface area contributed by atoms with Crippen LogP contribution in [0.5, 0.6) is 5.75 Å². The summed E-state index contributed by atoms with van der Waals surface area (Å²) >= 11 is 1.69. The van der Waals surface area contributed by atoms with Gasteiger partial charge in [0, 0.05) is 35.2 Å². The van der Waals surface area contributed by atoms with Crippen molar-refractivity contribution in [2.24, 2.45) is 0 Å². The molecule has 0 radical (unpaired) electrons. The van der Waals surface area contributed by atoms with Gasteiger partial charge in [-0.1, -0.05) is 12.1 Å². The number of methoxy groups -OCH3 is 1. The summed E-state index contributed by atoms with van der Waals surface area (Å²) < 4.78 is 5.29. The molecule has 1 atom stereocenters. The van der Waals surface area contributed by atoms with E-state index in [1.807, 2.05) is 48.4 Å². The monoisotopic (exact) mass is 493 g/mol. The first-order valence-electron chi connectivity index (χ1n) is 11.3. The summed E-state index contributed by atoms with van der Waals surface area (Å²) in [6.45, 7) is 4.18. The lowest BCUT2D eigenvalue weighted by atomic mass is 9.93. The van der Waals surface area contributed by atoms with Gasteiger partial charge >= 0.3 is 0 Å². The van der Waals surface area contributed by atoms with E-state index in [1.54, 1.807) is 18.4 Å². The number of amides is 2. The van der Waals surface area contributed by atoms with Crippen molar-refractivity contribution >= 4 is 28.8 Å². The highest BCUT2D eigenvalue weighted by atomic mass is 32.1. The maximum Gasteiger partial charge on any atom is 0.269 e. The SMILES string of the molecule is COc1ccc(C2c3ccsc3CCN2C(=O)CN(C(=O)c2ccc([N+](=O)[O-])cc2)C(C)C)cc1. The molecule has 1 unspecified atom stereocenters. The topological polar surface area (TPSA) is 93.0 Å². The van der Waals surface area contributed by atoms with Gasteiger partial charge in [-0.05, 0) is 67.1 Å². The number of ether oxygens (including phenoxy) is 1. The molecule has 0 fully saturated rings. The molecule has 35 heavy (non-hydrogen) atoms. The number of benzene rings is 2. The molecule has 8 nitrogen and oxygen atoms in total. The van der Waals surface area contributed by atoms with Crippen molar-refractivity contribution in [2.75, 3.05) is 20.2 Å². The number of nitrogens with zero attached hydrogens (tertiary/aromatic N) is 3. The van der Waals surface area contributed by atoms with E-state index in [1.165, 1.54) is 34.0 Å². The molecule has 182 valence electrons. The zero-order valence-electron chi connectivity index (χ0n) is 19.8. The highest BCUT2D eigenvalue weighted by molar-refractivity contribution is 7.10. The lowest BCUT2D eigenvalue weighted by molar-refractivity contribution is -0.384. The molecule has 0 saturated carbocycles. The van der Waals surface area contributed by atoms with Crippen molar-refractivity contribution in [1.29, 1.82) is 0 Å². The number of nitro groups is 1. The molecule has 0 bridgehead atoms. The summed E-state index contributed by atoms with van der Waals surface area (Å²) in [4.78, 5) is 41.9. The molecule has 3 aromatic rings. The van der Waals surface area contributed by atoms with E-state index >= 15 is 0 Å². The van der Waals surface area contributed by atoms with Gasteiger partial charge in [-0.25, -0.2) is 0 Å². The lowest BCUT2D eigenvalue weighted by Crippen LogP contribution is -2.48. The molecule has 1 aromatic heterocycles. The number of fused-ring (bicyclic) bond motifs is 1. The van der Waals surface area contributed by atoms with Gasteiger partial charge in [0.2, 0.25) is 5.91 Å². The van der Waals surface area contributed by atoms with Crippen LogP contribution in [0.25, 0.3) is 0 Å². The maximum atomic E-state index is 13.7. The number of thiophene rings is 1. The van der Waals surface area contributed by atoms with Crippen LogP contribution >= 0.6 is 11.3 Å². The van der Waals surface area contributed by atoms with Gasteiger partial charge in [-0.15, -0.1) is 11.3 Å². The fourth-order valence-electron chi connectivity index (χ4n) is 4.35. The zero-order valence-corrected chi connectivity index (χ0v) is 20.7. The Hall–Kier alpha value is -3.72. The van der Waals surface area contributed by atoms with Crippen LogP contribution in [0, 0.1) is 10.1 Å². The fraction of sp³-hybridized carbons (Fsp3) is 0.308. The number of hydrogen-bond donors (Lipinski definition) is 0. The Morgan fingerprint density at radius 3 is 2.43 bits per heavy atom. The number of non-ortho nitro benzene ring substituents is 1. The van der Waals surface area contributed by atoms with Crippen molar-refractivity contribution < 1.29 is 19.2 Å². The number of carbonyl (C=O) groups is 2. The minimum Gasteiger partial charge on any atom is -0.497 e. The second-order valence-corrected chi connectivity index (χ2v) is 9.64. The lowest BCUT2D eigenvalue weighted by Gasteiger charge is -2.38. The number of nitro benzene ring substituents is 1. The average Bonchev–Trinajstić information content (AvgIpc) is 3.35. The summed E-state index contributed by atoms with van der Waals surface area (Å²) in [6, 6.07) is 14.8. The standard InChI is InChI=1S/C26H27N3O5S/c1-17(2)28(26(31)19-4-8-20(9-5-19)29(32)33)16-24(30)27-14-12-23-22(13-15-35-23)25(27)18-6-10-21(34-3)11-7-18/h4-11,13,15,17,25H,12,14,16H2,1-3H3. The zero-order chi connectivity index (χ0) is 25.1. The molecule has 0 spiro atoms. The van der Waals surface area contributed by atoms with Gasteiger partial charge < -0.3 is 14.5 Å². The van der Waals surface area contributed by atoms with Crippen LogP contribution in [-0.4, -0.2) is 52.8 Å². The number of rotatable bonds is 7. The highest BCUT2D eigenvalue weighted by Gasteiger charge is 2.34. The maximum absolute atomic E-state index is 13.7. The minimum atomic E-state index is -0.508. The van der Waals surface area contributed by atoms with Gasteiger partial charge in [0.25, 0.3) is 11.6 Å². The normalized spacial score (nSPS) is 15.0. The van der Waals surface area contributed by atoms with E-state index in [4.69, 9.17) is 4.74 Å². The predicted molar refractivity (Wildman–Crippen MR) is 134 cm³/mol. The van der Waals surface area contributed by atoms with E-state index in [9.17, 15) is 19.7 Å². The van der Waals surface area contributed by atoms with Crippen LogP contribution in [0.2, 0.25) is 0 Å². The quantitative estimate of drug-likeness (QED) is 0.352. The van der Waals surface area contributed by atoms with Crippen LogP contribution in [-0.2, 0) is 11.2 Å². The smallest absolute Gasteiger partial charge is 0.269 e. The second-order valence-electron chi connectivity index (χ2n) is 8.64. The molecule has 1 aliphatic heterocycles. The molecule has 0 saturated heterocycles. The minimum absolute atomic E-state index is 0.0837. The summed E-state index contributed by atoms with van der Waals surface area (Å²) in [5.41, 5.74) is 2.31. The fourth-order valence-corrected chi connectivity index (χ4v) is 5.25. The van der Waals surface area contributed by atoms with E-state index in [0.717, 1.165) is 23.3 Å². The van der Waals surface area contributed by atoms with Gasteiger partial charge in [0.15, 0.2) is 0 Å². The Balaban J connectivity index is 1.60. The first kappa shape index (κ1) is 24.4. The Labute approximate surface area is 207 Å². The van der Waals surface area contributed by atoms with Crippen molar-refractivity contribution in [3.05, 3.63) is 91.7 Å². The van der Waals surface area contributed by atoms with Crippen molar-refractivity contribution in [1.82, 2.24) is 9.80 Å². The third kappa shape index (κ3) is 5.05. The first-order chi connectivity index (χ1) is 16.8. The van der Waals surface area contributed by atoms with E-state index in [0.29, 0.717) is 12.1 Å². The second kappa shape index (κ2) is 10.3. The average molecular weight is 494 g/mol. The third-order valence-electron chi connectivity index (χ3n) is 6.23. The molecule has 2 aromatic carbocycles. The molecule has 2 heterocycles. The Bertz CT molecular complexity index is 1220. The largest absolute Gasteiger partial charge is 0.497 e. The summed E-state index contributed by atoms with van der Waals surface area (Å²) in [7, 11) is 1.62. The van der Waals surface area contributed by atoms with E-state index in [2.05, 4.69) is 6.07 Å². The van der Waals surface area contributed by atoms with Gasteiger partial charge in [0.1, 0.15) is 12.3 Å². The van der Waals surface area contributed by atoms with Gasteiger partial charge in [-0.3, -0.25) is 19.7 Å². The van der Waals surface area contributed by atoms with Gasteiger partial charge in [-0.2, -0.15) is 0 Å². The Morgan fingerprint density at radius 2 is 1.83 bits per heavy atom. The van der Waals surface area contributed by atoms with Crippen LogP contribution < -0.4 is 4.74 Å². The molecule has 0 aliphatic carbocycles. The predicted octanol–water partition coefficient (Wildman–Crippen LogP) is 4.69. The van der Waals surface area contributed by atoms with E-state index < -0.39 is 4.92 Å². The number of carbonyl (C=O) groups excluding carboxylic acids is 2. The molecule has 4 rings (SSSR count). The number of hydrogen-bond acceptors (Lipinski definition) is 6. The Kier molecular flexibility index (Phi) is 7.16.